The van der Waals surface area contributed by atoms with Gasteiger partial charge in [0.05, 0.1) is 19.4 Å². The number of aromatic nitrogens is 1. The van der Waals surface area contributed by atoms with Gasteiger partial charge < -0.3 is 20.5 Å². The van der Waals surface area contributed by atoms with E-state index >= 15 is 8.78 Å². The van der Waals surface area contributed by atoms with Gasteiger partial charge in [-0.3, -0.25) is 14.5 Å². The van der Waals surface area contributed by atoms with Gasteiger partial charge in [0.15, 0.2) is 0 Å². The number of pyridine rings is 1. The number of hydrogen-bond donors (Lipinski definition) is 3. The number of nitrogens with zero attached hydrogens (tertiary/aromatic N) is 2. The molecule has 1 aliphatic heterocycles. The molecule has 3 aromatic rings. The van der Waals surface area contributed by atoms with E-state index in [-0.39, 0.29) is 17.9 Å². The van der Waals surface area contributed by atoms with Crippen LogP contribution in [0.1, 0.15) is 27.4 Å². The number of aliphatic hydroxyl groups is 1. The summed E-state index contributed by atoms with van der Waals surface area (Å²) in [5, 5.41) is 14.2. The molecule has 212 valence electrons. The van der Waals surface area contributed by atoms with E-state index in [2.05, 4.69) is 15.6 Å². The maximum atomic E-state index is 15.2. The minimum atomic E-state index is -5.02. The zero-order chi connectivity index (χ0) is 29.2. The third-order valence-corrected chi connectivity index (χ3v) is 6.52. The number of nitrogens with one attached hydrogen (secondary N) is 2. The average Bonchev–Trinajstić information content (AvgIpc) is 3.21. The molecule has 2 aromatic carbocycles. The molecule has 1 aromatic heterocycles. The van der Waals surface area contributed by atoms with Crippen molar-refractivity contribution >= 4 is 34.9 Å². The Morgan fingerprint density at radius 1 is 1.18 bits per heavy atom. The molecule has 2 amide bonds. The van der Waals surface area contributed by atoms with Crippen LogP contribution in [0.25, 0.3) is 0 Å². The topological polar surface area (TPSA) is 104 Å². The van der Waals surface area contributed by atoms with Crippen LogP contribution in [0.2, 0.25) is 5.02 Å². The zero-order valence-electron chi connectivity index (χ0n) is 20.7. The third kappa shape index (κ3) is 5.80. The Balaban J connectivity index is 1.82. The molecule has 40 heavy (non-hydrogen) atoms. The van der Waals surface area contributed by atoms with Crippen molar-refractivity contribution in [1.82, 2.24) is 10.3 Å². The second-order valence-electron chi connectivity index (χ2n) is 8.72. The van der Waals surface area contributed by atoms with Gasteiger partial charge in [0.2, 0.25) is 0 Å². The van der Waals surface area contributed by atoms with Crippen LogP contribution in [0.5, 0.6) is 5.75 Å². The van der Waals surface area contributed by atoms with E-state index in [1.54, 1.807) is 0 Å². The number of methoxy groups -OCH3 is 1. The number of rotatable bonds is 8. The van der Waals surface area contributed by atoms with Crippen LogP contribution in [0.4, 0.5) is 33.5 Å². The zero-order valence-corrected chi connectivity index (χ0v) is 21.5. The van der Waals surface area contributed by atoms with Gasteiger partial charge in [0.25, 0.3) is 11.8 Å². The highest BCUT2D eigenvalue weighted by Crippen LogP contribution is 2.43. The number of alkyl halides is 3. The molecule has 1 fully saturated rings. The van der Waals surface area contributed by atoms with Crippen LogP contribution in [-0.4, -0.2) is 54.8 Å². The predicted octanol–water partition coefficient (Wildman–Crippen LogP) is 4.37. The minimum absolute atomic E-state index is 0.0504. The van der Waals surface area contributed by atoms with E-state index in [1.165, 1.54) is 31.4 Å². The Bertz CT molecular complexity index is 1400. The molecule has 1 saturated heterocycles. The molecule has 1 aliphatic rings. The van der Waals surface area contributed by atoms with E-state index in [0.717, 1.165) is 24.4 Å². The highest BCUT2D eigenvalue weighted by Gasteiger charge is 2.49. The second-order valence-corrected chi connectivity index (χ2v) is 9.16. The van der Waals surface area contributed by atoms with Gasteiger partial charge in [-0.2, -0.15) is 13.2 Å². The summed E-state index contributed by atoms with van der Waals surface area (Å²) in [5.74, 6) is -6.58. The number of amides is 2. The lowest BCUT2D eigenvalue weighted by Crippen LogP contribution is -2.44. The van der Waals surface area contributed by atoms with Crippen LogP contribution < -0.4 is 20.3 Å². The summed E-state index contributed by atoms with van der Waals surface area (Å²) < 4.78 is 77.8. The number of anilines is 2. The summed E-state index contributed by atoms with van der Waals surface area (Å²) in [7, 11) is 1.19. The minimum Gasteiger partial charge on any atom is -0.497 e. The Labute approximate surface area is 229 Å². The third-order valence-electron chi connectivity index (χ3n) is 6.26. The molecule has 0 aliphatic carbocycles. The second kappa shape index (κ2) is 11.6. The van der Waals surface area contributed by atoms with E-state index in [4.69, 9.17) is 21.4 Å². The Morgan fingerprint density at radius 2 is 1.82 bits per heavy atom. The largest absolute Gasteiger partial charge is 0.497 e. The smallest absolute Gasteiger partial charge is 0.421 e. The van der Waals surface area contributed by atoms with Gasteiger partial charge in [0, 0.05) is 53.5 Å². The van der Waals surface area contributed by atoms with Crippen molar-refractivity contribution < 1.29 is 41.4 Å². The van der Waals surface area contributed by atoms with E-state index in [1.807, 2.05) is 0 Å². The monoisotopic (exact) mass is 584 g/mol. The lowest BCUT2D eigenvalue weighted by atomic mass is 9.92. The average molecular weight is 585 g/mol. The summed E-state index contributed by atoms with van der Waals surface area (Å²) in [5.41, 5.74) is -2.36. The first-order chi connectivity index (χ1) is 19.0. The van der Waals surface area contributed by atoms with E-state index in [9.17, 15) is 22.8 Å². The van der Waals surface area contributed by atoms with Crippen LogP contribution >= 0.6 is 11.6 Å². The lowest BCUT2D eigenvalue weighted by molar-refractivity contribution is -0.136. The number of aliphatic hydroxyl groups excluding tert-OH is 1. The highest BCUT2D eigenvalue weighted by molar-refractivity contribution is 6.30. The molecule has 0 bridgehead atoms. The molecule has 2 heterocycles. The Morgan fingerprint density at radius 3 is 2.40 bits per heavy atom. The maximum Gasteiger partial charge on any atom is 0.421 e. The summed E-state index contributed by atoms with van der Waals surface area (Å²) >= 11 is 5.85. The number of carbonyl (C=O) groups excluding carboxylic acids is 2. The van der Waals surface area contributed by atoms with Crippen molar-refractivity contribution in [3.05, 3.63) is 82.0 Å². The molecule has 8 nitrogen and oxygen atoms in total. The van der Waals surface area contributed by atoms with Gasteiger partial charge >= 0.3 is 6.18 Å². The molecular formula is C26H22ClF5N4O4. The van der Waals surface area contributed by atoms with Crippen LogP contribution in [-0.2, 0) is 11.0 Å². The van der Waals surface area contributed by atoms with Crippen molar-refractivity contribution in [3.8, 4) is 5.75 Å². The fraction of sp³-hybridized carbons (Fsp3) is 0.269. The summed E-state index contributed by atoms with van der Waals surface area (Å²) in [6.07, 6.45) is -4.00. The Hall–Kier alpha value is -3.97. The van der Waals surface area contributed by atoms with Crippen molar-refractivity contribution in [3.63, 3.8) is 0 Å². The molecule has 1 unspecified atom stereocenters. The fourth-order valence-electron chi connectivity index (χ4n) is 4.47. The summed E-state index contributed by atoms with van der Waals surface area (Å²) in [4.78, 5) is 31.0. The summed E-state index contributed by atoms with van der Waals surface area (Å²) in [6.45, 7) is -1.36. The molecule has 0 radical (unpaired) electrons. The van der Waals surface area contributed by atoms with E-state index in [0.29, 0.717) is 9.92 Å². The Kier molecular flexibility index (Phi) is 8.45. The predicted molar refractivity (Wildman–Crippen MR) is 136 cm³/mol. The van der Waals surface area contributed by atoms with E-state index < -0.39 is 77.4 Å². The standard InChI is InChI=1S/C26H22ClF5N4O4/c1-40-15-10-17(28)20(18(29)11-15)16-12-36(23-21(26(30,31)32)19(6-7-34-23)33-8-9-37)25(39)22(16)35-24(38)13-2-4-14(27)5-3-13/h2-7,10-11,16,22,37H,8-9,12H2,1H3,(H,33,34)(H,35,38)/t16-,22?/m0/s1. The molecule has 2 atom stereocenters. The number of carbonyl (C=O) groups is 2. The number of hydrogen-bond acceptors (Lipinski definition) is 6. The van der Waals surface area contributed by atoms with Gasteiger partial charge in [-0.1, -0.05) is 11.6 Å². The quantitative estimate of drug-likeness (QED) is 0.340. The van der Waals surface area contributed by atoms with Crippen LogP contribution in [0, 0.1) is 11.6 Å². The van der Waals surface area contributed by atoms with Crippen molar-refractivity contribution in [2.45, 2.75) is 18.1 Å². The first-order valence-electron chi connectivity index (χ1n) is 11.8. The fourth-order valence-corrected chi connectivity index (χ4v) is 4.60. The lowest BCUT2D eigenvalue weighted by Gasteiger charge is -2.23. The SMILES string of the molecule is COc1cc(F)c([C@@H]2CN(c3nccc(NCCO)c3C(F)(F)F)C(=O)C2NC(=O)c2ccc(Cl)cc2)c(F)c1. The molecule has 4 rings (SSSR count). The van der Waals surface area contributed by atoms with Crippen molar-refractivity contribution in [1.29, 1.82) is 0 Å². The van der Waals surface area contributed by atoms with Gasteiger partial charge in [0.1, 0.15) is 34.8 Å². The van der Waals surface area contributed by atoms with Crippen LogP contribution in [0.15, 0.2) is 48.7 Å². The first kappa shape index (κ1) is 29.0. The highest BCUT2D eigenvalue weighted by atomic mass is 35.5. The van der Waals surface area contributed by atoms with Gasteiger partial charge in [-0.05, 0) is 30.3 Å². The summed E-state index contributed by atoms with van der Waals surface area (Å²) in [6, 6.07) is 6.58. The molecule has 0 spiro atoms. The number of halogens is 6. The van der Waals surface area contributed by atoms with Crippen molar-refractivity contribution in [2.24, 2.45) is 0 Å². The molecule has 3 N–H and O–H groups in total. The number of ether oxygens (including phenoxy) is 1. The molecule has 0 saturated carbocycles. The molecule has 14 heteroatoms. The first-order valence-corrected chi connectivity index (χ1v) is 12.2. The number of benzene rings is 2. The molecular weight excluding hydrogens is 563 g/mol. The van der Waals surface area contributed by atoms with Gasteiger partial charge in [-0.15, -0.1) is 0 Å². The maximum absolute atomic E-state index is 15.2. The van der Waals surface area contributed by atoms with Crippen LogP contribution in [0.3, 0.4) is 0 Å². The van der Waals surface area contributed by atoms with Crippen molar-refractivity contribution in [2.75, 3.05) is 37.0 Å². The van der Waals surface area contributed by atoms with Gasteiger partial charge in [-0.25, -0.2) is 13.8 Å². The normalized spacial score (nSPS) is 17.2.